The summed E-state index contributed by atoms with van der Waals surface area (Å²) in [7, 11) is 0. The van der Waals surface area contributed by atoms with E-state index in [-0.39, 0.29) is 17.3 Å². The second-order valence-corrected chi connectivity index (χ2v) is 4.19. The quantitative estimate of drug-likeness (QED) is 0.795. The average Bonchev–Trinajstić information content (AvgIpc) is 2.97. The van der Waals surface area contributed by atoms with Crippen molar-refractivity contribution in [2.75, 3.05) is 0 Å². The largest absolute Gasteiger partial charge is 0.478 e. The lowest BCUT2D eigenvalue weighted by molar-refractivity contribution is 0.0697. The van der Waals surface area contributed by atoms with Crippen molar-refractivity contribution in [2.45, 2.75) is 0 Å². The van der Waals surface area contributed by atoms with Gasteiger partial charge in [0, 0.05) is 11.8 Å². The maximum Gasteiger partial charge on any atom is 0.335 e. The molecule has 6 nitrogen and oxygen atoms in total. The Kier molecular flexibility index (Phi) is 3.15. The van der Waals surface area contributed by atoms with Crippen LogP contribution in [0.3, 0.4) is 0 Å². The first-order valence-corrected chi connectivity index (χ1v) is 5.91. The van der Waals surface area contributed by atoms with E-state index in [0.717, 1.165) is 6.20 Å². The molecule has 1 aromatic carbocycles. The molecule has 3 aromatic rings. The van der Waals surface area contributed by atoms with Crippen molar-refractivity contribution in [3.63, 3.8) is 0 Å². The minimum Gasteiger partial charge on any atom is -0.478 e. The summed E-state index contributed by atoms with van der Waals surface area (Å²) >= 11 is 0. The van der Waals surface area contributed by atoms with Gasteiger partial charge in [0.2, 0.25) is 11.8 Å². The summed E-state index contributed by atoms with van der Waals surface area (Å²) in [5, 5.41) is 16.6. The molecule has 0 spiro atoms. The number of halogens is 1. The monoisotopic (exact) mass is 285 g/mol. The zero-order chi connectivity index (χ0) is 14.8. The van der Waals surface area contributed by atoms with Crippen LogP contribution >= 0.6 is 0 Å². The molecule has 0 aliphatic heterocycles. The molecule has 0 unspecified atom stereocenters. The number of pyridine rings is 1. The standard InChI is InChI=1S/C14H8FN3O3/c15-11-5-10(6-16-7-11)13-18-17-12(21-13)8-2-1-3-9(4-8)14(19)20/h1-7H,(H,19,20). The fraction of sp³-hybridized carbons (Fsp3) is 0. The van der Waals surface area contributed by atoms with Crippen molar-refractivity contribution in [3.05, 3.63) is 54.1 Å². The van der Waals surface area contributed by atoms with Crippen molar-refractivity contribution in [1.29, 1.82) is 0 Å². The summed E-state index contributed by atoms with van der Waals surface area (Å²) < 4.78 is 18.5. The van der Waals surface area contributed by atoms with Crippen LogP contribution in [0.4, 0.5) is 4.39 Å². The Morgan fingerprint density at radius 2 is 1.86 bits per heavy atom. The maximum absolute atomic E-state index is 13.1. The number of rotatable bonds is 3. The molecule has 1 N–H and O–H groups in total. The minimum absolute atomic E-state index is 0.109. The topological polar surface area (TPSA) is 89.1 Å². The first kappa shape index (κ1) is 12.9. The van der Waals surface area contributed by atoms with Gasteiger partial charge in [-0.2, -0.15) is 0 Å². The summed E-state index contributed by atoms with van der Waals surface area (Å²) in [5.41, 5.74) is 0.931. The van der Waals surface area contributed by atoms with Crippen LogP contribution in [0.2, 0.25) is 0 Å². The summed E-state index contributed by atoms with van der Waals surface area (Å²) in [6.07, 6.45) is 2.46. The Bertz CT molecular complexity index is 816. The number of aromatic nitrogens is 3. The van der Waals surface area contributed by atoms with E-state index in [0.29, 0.717) is 11.1 Å². The summed E-state index contributed by atoms with van der Waals surface area (Å²) in [5.74, 6) is -1.30. The van der Waals surface area contributed by atoms with Gasteiger partial charge < -0.3 is 9.52 Å². The number of nitrogens with zero attached hydrogens (tertiary/aromatic N) is 3. The lowest BCUT2D eigenvalue weighted by atomic mass is 10.1. The molecule has 0 saturated heterocycles. The van der Waals surface area contributed by atoms with Crippen LogP contribution in [0.1, 0.15) is 10.4 Å². The lowest BCUT2D eigenvalue weighted by Crippen LogP contribution is -1.95. The van der Waals surface area contributed by atoms with Gasteiger partial charge in [-0.05, 0) is 24.3 Å². The van der Waals surface area contributed by atoms with E-state index in [4.69, 9.17) is 9.52 Å². The molecule has 0 radical (unpaired) electrons. The maximum atomic E-state index is 13.1. The van der Waals surface area contributed by atoms with E-state index >= 15 is 0 Å². The number of benzene rings is 1. The van der Waals surface area contributed by atoms with E-state index < -0.39 is 11.8 Å². The number of hydrogen-bond donors (Lipinski definition) is 1. The van der Waals surface area contributed by atoms with Gasteiger partial charge in [0.1, 0.15) is 5.82 Å². The van der Waals surface area contributed by atoms with E-state index in [2.05, 4.69) is 15.2 Å². The Hall–Kier alpha value is -3.09. The zero-order valence-corrected chi connectivity index (χ0v) is 10.5. The zero-order valence-electron chi connectivity index (χ0n) is 10.5. The predicted molar refractivity (Wildman–Crippen MR) is 69.9 cm³/mol. The van der Waals surface area contributed by atoms with Crippen LogP contribution in [0.25, 0.3) is 22.9 Å². The van der Waals surface area contributed by atoms with Crippen molar-refractivity contribution in [2.24, 2.45) is 0 Å². The average molecular weight is 285 g/mol. The van der Waals surface area contributed by atoms with E-state index in [1.54, 1.807) is 12.1 Å². The first-order valence-electron chi connectivity index (χ1n) is 5.91. The second-order valence-electron chi connectivity index (χ2n) is 4.19. The van der Waals surface area contributed by atoms with Gasteiger partial charge in [0.25, 0.3) is 0 Å². The first-order chi connectivity index (χ1) is 10.1. The molecular weight excluding hydrogens is 277 g/mol. The number of carbonyl (C=O) groups is 1. The van der Waals surface area contributed by atoms with E-state index in [1.807, 2.05) is 0 Å². The van der Waals surface area contributed by atoms with Crippen molar-refractivity contribution >= 4 is 5.97 Å². The van der Waals surface area contributed by atoms with Crippen LogP contribution < -0.4 is 0 Å². The smallest absolute Gasteiger partial charge is 0.335 e. The van der Waals surface area contributed by atoms with E-state index in [1.165, 1.54) is 24.4 Å². The Balaban J connectivity index is 1.98. The molecule has 0 saturated carbocycles. The third kappa shape index (κ3) is 2.62. The Morgan fingerprint density at radius 1 is 1.10 bits per heavy atom. The molecule has 0 atom stereocenters. The third-order valence-electron chi connectivity index (χ3n) is 2.73. The van der Waals surface area contributed by atoms with Gasteiger partial charge in [-0.25, -0.2) is 9.18 Å². The fourth-order valence-electron chi connectivity index (χ4n) is 1.77. The van der Waals surface area contributed by atoms with E-state index in [9.17, 15) is 9.18 Å². The summed E-state index contributed by atoms with van der Waals surface area (Å²) in [4.78, 5) is 14.6. The van der Waals surface area contributed by atoms with Crippen LogP contribution in [0.5, 0.6) is 0 Å². The molecule has 2 heterocycles. The highest BCUT2D eigenvalue weighted by Gasteiger charge is 2.13. The summed E-state index contributed by atoms with van der Waals surface area (Å²) in [6.45, 7) is 0. The van der Waals surface area contributed by atoms with Gasteiger partial charge in [0.05, 0.1) is 17.3 Å². The van der Waals surface area contributed by atoms with Gasteiger partial charge in [0.15, 0.2) is 0 Å². The Labute approximate surface area is 117 Å². The number of hydrogen-bond acceptors (Lipinski definition) is 5. The minimum atomic E-state index is -1.05. The normalized spacial score (nSPS) is 10.5. The molecule has 2 aromatic heterocycles. The van der Waals surface area contributed by atoms with Gasteiger partial charge in [-0.15, -0.1) is 10.2 Å². The molecule has 21 heavy (non-hydrogen) atoms. The molecule has 7 heteroatoms. The van der Waals surface area contributed by atoms with Crippen molar-refractivity contribution in [3.8, 4) is 22.9 Å². The molecule has 0 amide bonds. The van der Waals surface area contributed by atoms with Gasteiger partial charge in [-0.3, -0.25) is 4.98 Å². The molecule has 3 rings (SSSR count). The fourth-order valence-corrected chi connectivity index (χ4v) is 1.77. The molecule has 104 valence electrons. The number of carboxylic acids is 1. The molecule has 0 fully saturated rings. The van der Waals surface area contributed by atoms with Gasteiger partial charge in [-0.1, -0.05) is 6.07 Å². The van der Waals surface area contributed by atoms with Gasteiger partial charge >= 0.3 is 5.97 Å². The lowest BCUT2D eigenvalue weighted by Gasteiger charge is -1.97. The highest BCUT2D eigenvalue weighted by molar-refractivity contribution is 5.88. The SMILES string of the molecule is O=C(O)c1cccc(-c2nnc(-c3cncc(F)c3)o2)c1. The second kappa shape index (κ2) is 5.12. The molecule has 0 bridgehead atoms. The van der Waals surface area contributed by atoms with Crippen LogP contribution in [0, 0.1) is 5.82 Å². The van der Waals surface area contributed by atoms with Crippen LogP contribution in [-0.2, 0) is 0 Å². The van der Waals surface area contributed by atoms with Crippen LogP contribution in [0.15, 0.2) is 47.1 Å². The highest BCUT2D eigenvalue weighted by Crippen LogP contribution is 2.24. The molecule has 0 aliphatic carbocycles. The molecular formula is C14H8FN3O3. The summed E-state index contributed by atoms with van der Waals surface area (Å²) in [6, 6.07) is 7.32. The highest BCUT2D eigenvalue weighted by atomic mass is 19.1. The number of carboxylic acid groups (broad SMARTS) is 1. The molecule has 0 aliphatic rings. The van der Waals surface area contributed by atoms with Crippen LogP contribution in [-0.4, -0.2) is 26.3 Å². The number of aromatic carboxylic acids is 1. The van der Waals surface area contributed by atoms with Crippen molar-refractivity contribution < 1.29 is 18.7 Å². The predicted octanol–water partition coefficient (Wildman–Crippen LogP) is 2.64. The Morgan fingerprint density at radius 3 is 2.57 bits per heavy atom. The third-order valence-corrected chi connectivity index (χ3v) is 2.73. The van der Waals surface area contributed by atoms with Crippen molar-refractivity contribution in [1.82, 2.24) is 15.2 Å².